The summed E-state index contributed by atoms with van der Waals surface area (Å²) in [5, 5.41) is 10.4. The van der Waals surface area contributed by atoms with Crippen molar-refractivity contribution in [1.29, 1.82) is 0 Å². The van der Waals surface area contributed by atoms with Crippen LogP contribution in [0.4, 0.5) is 8.78 Å². The number of rotatable bonds is 4. The molecule has 31 heavy (non-hydrogen) atoms. The van der Waals surface area contributed by atoms with Crippen molar-refractivity contribution in [3.05, 3.63) is 99.2 Å². The molecule has 0 aliphatic carbocycles. The number of nitrogens with one attached hydrogen (secondary N) is 1. The van der Waals surface area contributed by atoms with Crippen LogP contribution in [0.5, 0.6) is 0 Å². The van der Waals surface area contributed by atoms with E-state index in [0.29, 0.717) is 22.3 Å². The molecule has 0 aliphatic rings. The van der Waals surface area contributed by atoms with E-state index in [1.54, 1.807) is 37.8 Å². The Labute approximate surface area is 177 Å². The normalized spacial score (nSPS) is 11.9. The van der Waals surface area contributed by atoms with Crippen LogP contribution in [0.2, 0.25) is 0 Å². The second-order valence-corrected chi connectivity index (χ2v) is 7.16. The van der Waals surface area contributed by atoms with Crippen molar-refractivity contribution in [1.82, 2.24) is 14.5 Å². The zero-order valence-corrected chi connectivity index (χ0v) is 16.7. The number of halogens is 2. The predicted octanol–water partition coefficient (Wildman–Crippen LogP) is 3.61. The van der Waals surface area contributed by atoms with Crippen molar-refractivity contribution in [3.8, 4) is 11.8 Å². The second kappa shape index (κ2) is 8.54. The summed E-state index contributed by atoms with van der Waals surface area (Å²) < 4.78 is 29.9. The van der Waals surface area contributed by atoms with Gasteiger partial charge < -0.3 is 14.7 Å². The molecule has 0 saturated carbocycles. The summed E-state index contributed by atoms with van der Waals surface area (Å²) >= 11 is 0. The van der Waals surface area contributed by atoms with Gasteiger partial charge in [-0.25, -0.2) is 13.8 Å². The Morgan fingerprint density at radius 3 is 2.87 bits per heavy atom. The molecule has 3 heterocycles. The van der Waals surface area contributed by atoms with Gasteiger partial charge in [-0.2, -0.15) is 0 Å². The van der Waals surface area contributed by atoms with E-state index in [0.717, 1.165) is 23.6 Å². The van der Waals surface area contributed by atoms with E-state index >= 15 is 0 Å². The lowest BCUT2D eigenvalue weighted by atomic mass is 9.88. The summed E-state index contributed by atoms with van der Waals surface area (Å²) in [7, 11) is 1.60. The number of fused-ring (bicyclic) bond motifs is 1. The van der Waals surface area contributed by atoms with Crippen LogP contribution in [-0.2, 0) is 13.7 Å². The second-order valence-electron chi connectivity index (χ2n) is 7.16. The predicted molar refractivity (Wildman–Crippen MR) is 113 cm³/mol. The molecule has 0 fully saturated rings. The van der Waals surface area contributed by atoms with Gasteiger partial charge in [0.05, 0.1) is 6.61 Å². The number of aliphatic hydroxyl groups excluding tert-OH is 1. The van der Waals surface area contributed by atoms with Crippen LogP contribution < -0.4 is 5.56 Å². The molecule has 0 aliphatic heterocycles. The Morgan fingerprint density at radius 1 is 1.23 bits per heavy atom. The first-order valence-electron chi connectivity index (χ1n) is 9.64. The summed E-state index contributed by atoms with van der Waals surface area (Å²) in [5.41, 5.74) is 1.89. The zero-order chi connectivity index (χ0) is 22.0. The number of benzene rings is 1. The molecule has 156 valence electrons. The van der Waals surface area contributed by atoms with Crippen molar-refractivity contribution < 1.29 is 13.9 Å². The van der Waals surface area contributed by atoms with Gasteiger partial charge in [-0.15, -0.1) is 0 Å². The van der Waals surface area contributed by atoms with E-state index in [4.69, 9.17) is 0 Å². The minimum Gasteiger partial charge on any atom is -0.392 e. The fraction of sp³-hybridized carbons (Fsp3) is 0.167. The minimum atomic E-state index is -0.760. The van der Waals surface area contributed by atoms with Gasteiger partial charge in [-0.1, -0.05) is 17.9 Å². The number of pyridine rings is 2. The standard InChI is InChI=1S/C24H19F2N3O2/c1-29-11-3-6-20(24(29)31)18(21-12-16(25)7-8-22(21)26)5-2-4-17-15(14-30)13-28-23-19(17)9-10-27-23/h3,6-13,18,30H,5,14H2,1H3,(H,27,28). The zero-order valence-electron chi connectivity index (χ0n) is 16.7. The lowest BCUT2D eigenvalue weighted by molar-refractivity contribution is 0.281. The lowest BCUT2D eigenvalue weighted by Gasteiger charge is -2.16. The molecule has 0 bridgehead atoms. The first-order valence-corrected chi connectivity index (χ1v) is 9.64. The molecule has 0 radical (unpaired) electrons. The molecule has 0 saturated heterocycles. The van der Waals surface area contributed by atoms with Crippen LogP contribution in [0.1, 0.15) is 34.6 Å². The molecule has 1 unspecified atom stereocenters. The van der Waals surface area contributed by atoms with Crippen molar-refractivity contribution >= 4 is 11.0 Å². The van der Waals surface area contributed by atoms with Crippen LogP contribution in [0.15, 0.2) is 59.8 Å². The highest BCUT2D eigenvalue weighted by Gasteiger charge is 2.21. The molecule has 4 aromatic rings. The van der Waals surface area contributed by atoms with Crippen molar-refractivity contribution in [2.24, 2.45) is 7.05 Å². The molecule has 5 nitrogen and oxygen atoms in total. The maximum Gasteiger partial charge on any atom is 0.254 e. The van der Waals surface area contributed by atoms with E-state index in [9.17, 15) is 18.7 Å². The minimum absolute atomic E-state index is 0.0708. The topological polar surface area (TPSA) is 70.9 Å². The molecule has 4 rings (SSSR count). The third-order valence-corrected chi connectivity index (χ3v) is 5.22. The SMILES string of the molecule is Cn1cccc(C(CC#Cc2c(CO)cnc3[nH]ccc23)c2cc(F)ccc2F)c1=O. The number of hydrogen-bond donors (Lipinski definition) is 2. The molecule has 7 heteroatoms. The number of aliphatic hydroxyl groups is 1. The Bertz CT molecular complexity index is 1380. The van der Waals surface area contributed by atoms with Gasteiger partial charge in [-0.05, 0) is 35.9 Å². The average molecular weight is 419 g/mol. The van der Waals surface area contributed by atoms with E-state index in [2.05, 4.69) is 21.8 Å². The highest BCUT2D eigenvalue weighted by Crippen LogP contribution is 2.29. The smallest absolute Gasteiger partial charge is 0.254 e. The number of H-pyrrole nitrogens is 1. The van der Waals surface area contributed by atoms with Gasteiger partial charge >= 0.3 is 0 Å². The third-order valence-electron chi connectivity index (χ3n) is 5.22. The van der Waals surface area contributed by atoms with E-state index in [1.165, 1.54) is 4.57 Å². The molecule has 2 N–H and O–H groups in total. The number of nitrogens with zero attached hydrogens (tertiary/aromatic N) is 2. The maximum absolute atomic E-state index is 14.6. The summed E-state index contributed by atoms with van der Waals surface area (Å²) in [6.07, 6.45) is 4.95. The molecule has 3 aromatic heterocycles. The van der Waals surface area contributed by atoms with E-state index in [-0.39, 0.29) is 24.2 Å². The number of hydrogen-bond acceptors (Lipinski definition) is 3. The molecular weight excluding hydrogens is 400 g/mol. The monoisotopic (exact) mass is 419 g/mol. The van der Waals surface area contributed by atoms with Gasteiger partial charge in [-0.3, -0.25) is 4.79 Å². The van der Waals surface area contributed by atoms with Crippen molar-refractivity contribution in [2.45, 2.75) is 18.9 Å². The Kier molecular flexibility index (Phi) is 5.65. The Morgan fingerprint density at radius 2 is 2.06 bits per heavy atom. The van der Waals surface area contributed by atoms with Gasteiger partial charge in [0.1, 0.15) is 17.3 Å². The highest BCUT2D eigenvalue weighted by atomic mass is 19.1. The fourth-order valence-corrected chi connectivity index (χ4v) is 3.61. The number of aryl methyl sites for hydroxylation is 1. The molecule has 1 atom stereocenters. The molecule has 0 spiro atoms. The lowest BCUT2D eigenvalue weighted by Crippen LogP contribution is -2.23. The largest absolute Gasteiger partial charge is 0.392 e. The van der Waals surface area contributed by atoms with Crippen LogP contribution >= 0.6 is 0 Å². The first-order chi connectivity index (χ1) is 15.0. The highest BCUT2D eigenvalue weighted by molar-refractivity contribution is 5.83. The van der Waals surface area contributed by atoms with Crippen molar-refractivity contribution in [3.63, 3.8) is 0 Å². The van der Waals surface area contributed by atoms with Gasteiger partial charge in [0.2, 0.25) is 0 Å². The van der Waals surface area contributed by atoms with E-state index < -0.39 is 17.6 Å². The maximum atomic E-state index is 14.6. The quantitative estimate of drug-likeness (QED) is 0.497. The van der Waals surface area contributed by atoms with E-state index in [1.807, 2.05) is 6.07 Å². The molecular formula is C24H19F2N3O2. The summed E-state index contributed by atoms with van der Waals surface area (Å²) in [5.74, 6) is 4.09. The third kappa shape index (κ3) is 3.98. The van der Waals surface area contributed by atoms with Crippen LogP contribution in [0.25, 0.3) is 11.0 Å². The molecule has 1 aromatic carbocycles. The Balaban J connectivity index is 1.81. The van der Waals surface area contributed by atoms with Crippen LogP contribution in [0.3, 0.4) is 0 Å². The Hall–Kier alpha value is -3.76. The number of aromatic nitrogens is 3. The van der Waals surface area contributed by atoms with Gasteiger partial charge in [0, 0.05) is 60.1 Å². The first kappa shape index (κ1) is 20.5. The summed E-state index contributed by atoms with van der Waals surface area (Å²) in [6, 6.07) is 8.29. The van der Waals surface area contributed by atoms with Crippen LogP contribution in [0, 0.1) is 23.5 Å². The summed E-state index contributed by atoms with van der Waals surface area (Å²) in [6.45, 7) is -0.237. The fourth-order valence-electron chi connectivity index (χ4n) is 3.61. The number of aromatic amines is 1. The van der Waals surface area contributed by atoms with Crippen molar-refractivity contribution in [2.75, 3.05) is 0 Å². The van der Waals surface area contributed by atoms with Gasteiger partial charge in [0.25, 0.3) is 5.56 Å². The molecule has 0 amide bonds. The summed E-state index contributed by atoms with van der Waals surface area (Å²) in [4.78, 5) is 19.9. The average Bonchev–Trinajstić information content (AvgIpc) is 3.24. The van der Waals surface area contributed by atoms with Gasteiger partial charge in [0.15, 0.2) is 0 Å². The van der Waals surface area contributed by atoms with Crippen LogP contribution in [-0.4, -0.2) is 19.6 Å².